The van der Waals surface area contributed by atoms with E-state index < -0.39 is 0 Å². The lowest BCUT2D eigenvalue weighted by Crippen LogP contribution is -2.60. The maximum absolute atomic E-state index is 11.4. The number of nitrogen functional groups attached to an aromatic ring is 1. The predicted molar refractivity (Wildman–Crippen MR) is 103 cm³/mol. The van der Waals surface area contributed by atoms with Gasteiger partial charge in [0.2, 0.25) is 12.4 Å². The molecule has 8 heteroatoms. The van der Waals surface area contributed by atoms with Crippen molar-refractivity contribution in [3.63, 3.8) is 0 Å². The van der Waals surface area contributed by atoms with Crippen molar-refractivity contribution >= 4 is 29.1 Å². The Kier molecular flexibility index (Phi) is 4.63. The van der Waals surface area contributed by atoms with Crippen molar-refractivity contribution in [3.05, 3.63) is 12.1 Å². The number of anilines is 2. The number of nitrogens with zero attached hydrogens (tertiary/aromatic N) is 4. The number of hydrogen-bond donors (Lipinski definition) is 1. The van der Waals surface area contributed by atoms with Crippen LogP contribution >= 0.6 is 0 Å². The van der Waals surface area contributed by atoms with E-state index in [1.54, 1.807) is 20.3 Å². The Morgan fingerprint density at radius 1 is 1.07 bits per heavy atom. The number of piperazine rings is 1. The second-order valence-corrected chi connectivity index (χ2v) is 7.09. The normalized spacial score (nSPS) is 22.4. The van der Waals surface area contributed by atoms with Crippen LogP contribution in [0.4, 0.5) is 11.8 Å². The molecule has 1 amide bonds. The summed E-state index contributed by atoms with van der Waals surface area (Å²) in [5.41, 5.74) is 6.98. The van der Waals surface area contributed by atoms with Crippen molar-refractivity contribution < 1.29 is 14.3 Å². The van der Waals surface area contributed by atoms with Gasteiger partial charge in [-0.3, -0.25) is 4.79 Å². The molecule has 2 aromatic rings. The number of aromatic nitrogens is 2. The Labute approximate surface area is 158 Å². The van der Waals surface area contributed by atoms with Crippen molar-refractivity contribution in [3.8, 4) is 11.5 Å². The molecule has 144 valence electrons. The third kappa shape index (κ3) is 2.98. The Morgan fingerprint density at radius 3 is 2.48 bits per heavy atom. The third-order valence-corrected chi connectivity index (χ3v) is 5.73. The number of nitrogens with two attached hydrogens (primary N) is 1. The molecule has 4 rings (SSSR count). The molecular formula is C19H25N5O3. The van der Waals surface area contributed by atoms with E-state index in [4.69, 9.17) is 20.2 Å². The minimum Gasteiger partial charge on any atom is -0.493 e. The summed E-state index contributed by atoms with van der Waals surface area (Å²) >= 11 is 0. The minimum atomic E-state index is 0.218. The van der Waals surface area contributed by atoms with Gasteiger partial charge in [0, 0.05) is 24.5 Å². The summed E-state index contributed by atoms with van der Waals surface area (Å²) in [4.78, 5) is 25.0. The number of hydrogen-bond acceptors (Lipinski definition) is 7. The van der Waals surface area contributed by atoms with Gasteiger partial charge < -0.3 is 25.0 Å². The Balaban J connectivity index is 1.76. The first kappa shape index (κ1) is 17.6. The van der Waals surface area contributed by atoms with Crippen LogP contribution in [0, 0.1) is 0 Å². The highest BCUT2D eigenvalue weighted by Gasteiger charge is 2.38. The molecule has 2 fully saturated rings. The van der Waals surface area contributed by atoms with E-state index in [1.165, 1.54) is 0 Å². The van der Waals surface area contributed by atoms with Crippen LogP contribution in [-0.2, 0) is 4.79 Å². The zero-order chi connectivity index (χ0) is 19.0. The van der Waals surface area contributed by atoms with Gasteiger partial charge in [-0.25, -0.2) is 4.98 Å². The first-order chi connectivity index (χ1) is 13.2. The second kappa shape index (κ2) is 7.09. The molecule has 2 N–H and O–H groups in total. The molecule has 2 heterocycles. The fraction of sp³-hybridized carbons (Fsp3) is 0.526. The number of ether oxygens (including phenoxy) is 2. The molecule has 0 spiro atoms. The molecule has 2 unspecified atom stereocenters. The topological polar surface area (TPSA) is 93.8 Å². The smallest absolute Gasteiger partial charge is 0.228 e. The van der Waals surface area contributed by atoms with Gasteiger partial charge in [-0.15, -0.1) is 0 Å². The monoisotopic (exact) mass is 371 g/mol. The van der Waals surface area contributed by atoms with Gasteiger partial charge >= 0.3 is 0 Å². The summed E-state index contributed by atoms with van der Waals surface area (Å²) < 4.78 is 10.8. The van der Waals surface area contributed by atoms with Crippen LogP contribution in [0.1, 0.15) is 25.7 Å². The lowest BCUT2D eigenvalue weighted by Gasteiger charge is -2.48. The Hall–Kier alpha value is -2.77. The van der Waals surface area contributed by atoms with Crippen molar-refractivity contribution in [1.29, 1.82) is 0 Å². The SMILES string of the molecule is COc1cc2nc(N3CCN(C=O)C4CCCCC43)nc(N)c2cc1OC. The van der Waals surface area contributed by atoms with Crippen LogP contribution in [0.2, 0.25) is 0 Å². The number of benzene rings is 1. The fourth-order valence-electron chi connectivity index (χ4n) is 4.37. The highest BCUT2D eigenvalue weighted by atomic mass is 16.5. The molecular weight excluding hydrogens is 346 g/mol. The van der Waals surface area contributed by atoms with Crippen molar-refractivity contribution in [2.75, 3.05) is 37.9 Å². The predicted octanol–water partition coefficient (Wildman–Crippen LogP) is 1.82. The van der Waals surface area contributed by atoms with E-state index >= 15 is 0 Å². The summed E-state index contributed by atoms with van der Waals surface area (Å²) in [7, 11) is 3.19. The average Bonchev–Trinajstić information content (AvgIpc) is 2.71. The summed E-state index contributed by atoms with van der Waals surface area (Å²) in [6.07, 6.45) is 5.33. The van der Waals surface area contributed by atoms with E-state index in [0.717, 1.165) is 43.0 Å². The van der Waals surface area contributed by atoms with E-state index in [9.17, 15) is 4.79 Å². The molecule has 0 bridgehead atoms. The standard InChI is InChI=1S/C19H25N5O3/c1-26-16-9-12-13(10-17(16)27-2)21-19(22-18(12)20)24-8-7-23(11-25)14-5-3-4-6-15(14)24/h9-11,14-15H,3-8H2,1-2H3,(H2,20,21,22). The maximum atomic E-state index is 11.4. The number of fused-ring (bicyclic) bond motifs is 2. The van der Waals surface area contributed by atoms with Crippen LogP contribution in [0.25, 0.3) is 10.9 Å². The first-order valence-corrected chi connectivity index (χ1v) is 9.33. The molecule has 1 aromatic carbocycles. The van der Waals surface area contributed by atoms with E-state index in [0.29, 0.717) is 36.4 Å². The second-order valence-electron chi connectivity index (χ2n) is 7.09. The molecule has 1 aliphatic heterocycles. The Morgan fingerprint density at radius 2 is 1.78 bits per heavy atom. The highest BCUT2D eigenvalue weighted by molar-refractivity contribution is 5.91. The van der Waals surface area contributed by atoms with Gasteiger partial charge in [0.25, 0.3) is 0 Å². The largest absolute Gasteiger partial charge is 0.493 e. The van der Waals surface area contributed by atoms with E-state index in [1.807, 2.05) is 11.0 Å². The van der Waals surface area contributed by atoms with Gasteiger partial charge in [0.1, 0.15) is 5.82 Å². The summed E-state index contributed by atoms with van der Waals surface area (Å²) in [5.74, 6) is 2.24. The zero-order valence-electron chi connectivity index (χ0n) is 15.7. The molecule has 27 heavy (non-hydrogen) atoms. The molecule has 1 saturated carbocycles. The lowest BCUT2D eigenvalue weighted by molar-refractivity contribution is -0.122. The van der Waals surface area contributed by atoms with Gasteiger partial charge in [-0.05, 0) is 18.9 Å². The van der Waals surface area contributed by atoms with Crippen LogP contribution < -0.4 is 20.1 Å². The van der Waals surface area contributed by atoms with Crippen LogP contribution in [0.5, 0.6) is 11.5 Å². The van der Waals surface area contributed by atoms with Gasteiger partial charge in [-0.1, -0.05) is 12.8 Å². The van der Waals surface area contributed by atoms with Crippen LogP contribution in [-0.4, -0.2) is 60.7 Å². The lowest BCUT2D eigenvalue weighted by atomic mass is 9.86. The van der Waals surface area contributed by atoms with E-state index in [2.05, 4.69) is 9.88 Å². The number of carbonyl (C=O) groups is 1. The molecule has 1 aliphatic carbocycles. The first-order valence-electron chi connectivity index (χ1n) is 9.33. The third-order valence-electron chi connectivity index (χ3n) is 5.73. The van der Waals surface area contributed by atoms with E-state index in [-0.39, 0.29) is 12.1 Å². The number of carbonyl (C=O) groups excluding carboxylic acids is 1. The number of rotatable bonds is 4. The summed E-state index contributed by atoms with van der Waals surface area (Å²) in [5, 5.41) is 0.739. The van der Waals surface area contributed by atoms with Crippen LogP contribution in [0.15, 0.2) is 12.1 Å². The molecule has 2 atom stereocenters. The molecule has 1 aromatic heterocycles. The minimum absolute atomic E-state index is 0.218. The van der Waals surface area contributed by atoms with Gasteiger partial charge in [0.05, 0.1) is 31.8 Å². The summed E-state index contributed by atoms with van der Waals surface area (Å²) in [6, 6.07) is 4.09. The van der Waals surface area contributed by atoms with Gasteiger partial charge in [0.15, 0.2) is 11.5 Å². The Bertz CT molecular complexity index is 859. The van der Waals surface area contributed by atoms with Crippen LogP contribution in [0.3, 0.4) is 0 Å². The number of methoxy groups -OCH3 is 2. The molecule has 0 radical (unpaired) electrons. The van der Waals surface area contributed by atoms with Crippen molar-refractivity contribution in [1.82, 2.24) is 14.9 Å². The number of amides is 1. The molecule has 2 aliphatic rings. The zero-order valence-corrected chi connectivity index (χ0v) is 15.7. The van der Waals surface area contributed by atoms with Crippen molar-refractivity contribution in [2.24, 2.45) is 0 Å². The summed E-state index contributed by atoms with van der Waals surface area (Å²) in [6.45, 7) is 1.38. The molecule has 1 saturated heterocycles. The average molecular weight is 371 g/mol. The highest BCUT2D eigenvalue weighted by Crippen LogP contribution is 2.36. The molecule has 8 nitrogen and oxygen atoms in total. The maximum Gasteiger partial charge on any atom is 0.228 e. The quantitative estimate of drug-likeness (QED) is 0.819. The van der Waals surface area contributed by atoms with Gasteiger partial charge in [-0.2, -0.15) is 4.98 Å². The fourth-order valence-corrected chi connectivity index (χ4v) is 4.37. The van der Waals surface area contributed by atoms with Crippen molar-refractivity contribution in [2.45, 2.75) is 37.8 Å².